The van der Waals surface area contributed by atoms with Crippen molar-refractivity contribution in [3.63, 3.8) is 0 Å². The molecule has 0 radical (unpaired) electrons. The Morgan fingerprint density at radius 1 is 1.26 bits per heavy atom. The van der Waals surface area contributed by atoms with E-state index in [1.807, 2.05) is 13.8 Å². The van der Waals surface area contributed by atoms with E-state index in [1.54, 1.807) is 0 Å². The van der Waals surface area contributed by atoms with Gasteiger partial charge in [0, 0.05) is 17.0 Å². The third-order valence-corrected chi connectivity index (χ3v) is 4.81. The molecule has 2 heterocycles. The molecule has 3 heteroatoms. The molecule has 0 fully saturated rings. The first-order valence-electron chi connectivity index (χ1n) is 6.84. The van der Waals surface area contributed by atoms with Crippen LogP contribution in [-0.2, 0) is 10.2 Å². The normalized spacial score (nSPS) is 25.6. The second-order valence-corrected chi connectivity index (χ2v) is 6.87. The zero-order valence-electron chi connectivity index (χ0n) is 12.5. The maximum absolute atomic E-state index is 12.2. The summed E-state index contributed by atoms with van der Waals surface area (Å²) in [4.78, 5) is 12.2. The van der Waals surface area contributed by atoms with Crippen LogP contribution >= 0.6 is 0 Å². The quantitative estimate of drug-likeness (QED) is 0.774. The smallest absolute Gasteiger partial charge is 0.234 e. The van der Waals surface area contributed by atoms with Crippen LogP contribution in [0.2, 0.25) is 0 Å². The van der Waals surface area contributed by atoms with Gasteiger partial charge in [-0.15, -0.1) is 0 Å². The van der Waals surface area contributed by atoms with E-state index in [4.69, 9.17) is 4.74 Å². The number of ether oxygens (including phenoxy) is 1. The number of amides is 1. The van der Waals surface area contributed by atoms with E-state index in [0.29, 0.717) is 5.92 Å². The molecule has 3 nitrogen and oxygen atoms in total. The number of nitrogens with one attached hydrogen (secondary N) is 1. The zero-order chi connectivity index (χ0) is 14.2. The van der Waals surface area contributed by atoms with Crippen LogP contribution in [0.4, 0.5) is 5.69 Å². The van der Waals surface area contributed by atoms with Crippen molar-refractivity contribution in [1.82, 2.24) is 0 Å². The number of fused-ring (bicyclic) bond motifs is 3. The molecule has 2 aliphatic heterocycles. The summed E-state index contributed by atoms with van der Waals surface area (Å²) in [6.07, 6.45) is 0. The van der Waals surface area contributed by atoms with E-state index >= 15 is 0 Å². The van der Waals surface area contributed by atoms with Crippen LogP contribution < -0.4 is 10.1 Å². The lowest BCUT2D eigenvalue weighted by Gasteiger charge is -2.24. The Morgan fingerprint density at radius 3 is 2.53 bits per heavy atom. The number of carbonyl (C=O) groups is 1. The molecule has 3 rings (SSSR count). The first-order chi connectivity index (χ1) is 8.66. The molecule has 1 aromatic rings. The minimum atomic E-state index is -0.522. The summed E-state index contributed by atoms with van der Waals surface area (Å²) in [5.41, 5.74) is 3.59. The van der Waals surface area contributed by atoms with Gasteiger partial charge >= 0.3 is 0 Å². The van der Waals surface area contributed by atoms with Crippen molar-refractivity contribution in [2.24, 2.45) is 0 Å². The summed E-state index contributed by atoms with van der Waals surface area (Å²) >= 11 is 0. The van der Waals surface area contributed by atoms with Crippen LogP contribution in [0, 0.1) is 6.92 Å². The molecule has 1 aromatic carbocycles. The lowest BCUT2D eigenvalue weighted by atomic mass is 9.81. The Balaban J connectivity index is 2.32. The van der Waals surface area contributed by atoms with Gasteiger partial charge in [-0.3, -0.25) is 4.79 Å². The minimum Gasteiger partial charge on any atom is -0.487 e. The number of hydrogen-bond acceptors (Lipinski definition) is 2. The molecular formula is C16H21NO2. The average molecular weight is 259 g/mol. The zero-order valence-corrected chi connectivity index (χ0v) is 12.5. The molecule has 0 saturated carbocycles. The van der Waals surface area contributed by atoms with Gasteiger partial charge in [-0.05, 0) is 46.2 Å². The van der Waals surface area contributed by atoms with Crippen LogP contribution in [-0.4, -0.2) is 11.5 Å². The molecule has 1 amide bonds. The Hall–Kier alpha value is -1.51. The average Bonchev–Trinajstić information content (AvgIpc) is 2.65. The molecule has 1 atom stereocenters. The van der Waals surface area contributed by atoms with Gasteiger partial charge < -0.3 is 10.1 Å². The molecule has 0 bridgehead atoms. The Morgan fingerprint density at radius 2 is 1.89 bits per heavy atom. The molecule has 0 spiro atoms. The highest BCUT2D eigenvalue weighted by Crippen LogP contribution is 2.54. The van der Waals surface area contributed by atoms with Gasteiger partial charge in [0.25, 0.3) is 0 Å². The fraction of sp³-hybridized carbons (Fsp3) is 0.562. The largest absolute Gasteiger partial charge is 0.487 e. The van der Waals surface area contributed by atoms with Gasteiger partial charge in [-0.25, -0.2) is 0 Å². The minimum absolute atomic E-state index is 0.0555. The van der Waals surface area contributed by atoms with E-state index in [1.165, 1.54) is 5.56 Å². The van der Waals surface area contributed by atoms with Gasteiger partial charge in [0.15, 0.2) is 0 Å². The molecule has 1 unspecified atom stereocenters. The van der Waals surface area contributed by atoms with Gasteiger partial charge in [-0.2, -0.15) is 0 Å². The maximum atomic E-state index is 12.2. The monoisotopic (exact) mass is 259 g/mol. The third kappa shape index (κ3) is 1.41. The van der Waals surface area contributed by atoms with Crippen LogP contribution in [0.5, 0.6) is 5.75 Å². The van der Waals surface area contributed by atoms with Crippen molar-refractivity contribution >= 4 is 11.6 Å². The fourth-order valence-electron chi connectivity index (χ4n) is 3.12. The molecule has 2 aliphatic rings. The lowest BCUT2D eigenvalue weighted by Crippen LogP contribution is -2.30. The van der Waals surface area contributed by atoms with Gasteiger partial charge in [-0.1, -0.05) is 6.92 Å². The molecule has 0 aromatic heterocycles. The highest BCUT2D eigenvalue weighted by atomic mass is 16.5. The Labute approximate surface area is 114 Å². The standard InChI is InChI=1S/C16H21NO2/c1-8-7-10-9(2)16(5,6)19-13(10)11-12(8)17-14(18)15(11,3)4/h7,9H,1-6H3,(H,17,18). The summed E-state index contributed by atoms with van der Waals surface area (Å²) in [5.74, 6) is 1.31. The molecule has 102 valence electrons. The summed E-state index contributed by atoms with van der Waals surface area (Å²) in [7, 11) is 0. The number of anilines is 1. The van der Waals surface area contributed by atoms with Crippen LogP contribution in [0.25, 0.3) is 0 Å². The first kappa shape index (κ1) is 12.5. The van der Waals surface area contributed by atoms with Crippen molar-refractivity contribution in [3.8, 4) is 5.75 Å². The number of rotatable bonds is 0. The van der Waals surface area contributed by atoms with Crippen LogP contribution in [0.1, 0.15) is 57.2 Å². The predicted molar refractivity (Wildman–Crippen MR) is 76.0 cm³/mol. The highest BCUT2D eigenvalue weighted by molar-refractivity contribution is 6.07. The molecule has 19 heavy (non-hydrogen) atoms. The Bertz CT molecular complexity index is 599. The molecule has 1 N–H and O–H groups in total. The topological polar surface area (TPSA) is 38.3 Å². The molecular weight excluding hydrogens is 238 g/mol. The maximum Gasteiger partial charge on any atom is 0.234 e. The number of hydrogen-bond donors (Lipinski definition) is 1. The first-order valence-corrected chi connectivity index (χ1v) is 6.84. The van der Waals surface area contributed by atoms with E-state index in [-0.39, 0.29) is 11.5 Å². The van der Waals surface area contributed by atoms with E-state index in [2.05, 4.69) is 39.1 Å². The lowest BCUT2D eigenvalue weighted by molar-refractivity contribution is -0.119. The SMILES string of the molecule is Cc1cc2c(c3c1NC(=O)C3(C)C)OC(C)(C)C2C. The number of carbonyl (C=O) groups excluding carboxylic acids is 1. The number of aryl methyl sites for hydroxylation is 1. The highest BCUT2D eigenvalue weighted by Gasteiger charge is 2.48. The third-order valence-electron chi connectivity index (χ3n) is 4.81. The Kier molecular flexibility index (Phi) is 2.19. The summed E-state index contributed by atoms with van der Waals surface area (Å²) in [6.45, 7) is 12.4. The summed E-state index contributed by atoms with van der Waals surface area (Å²) in [5, 5.41) is 3.01. The second kappa shape index (κ2) is 3.33. The van der Waals surface area contributed by atoms with Crippen molar-refractivity contribution < 1.29 is 9.53 Å². The predicted octanol–water partition coefficient (Wildman–Crippen LogP) is 3.50. The van der Waals surface area contributed by atoms with Crippen molar-refractivity contribution in [1.29, 1.82) is 0 Å². The van der Waals surface area contributed by atoms with E-state index < -0.39 is 5.41 Å². The van der Waals surface area contributed by atoms with E-state index in [0.717, 1.165) is 22.6 Å². The summed E-state index contributed by atoms with van der Waals surface area (Å²) in [6, 6.07) is 2.16. The fourth-order valence-corrected chi connectivity index (χ4v) is 3.12. The van der Waals surface area contributed by atoms with Gasteiger partial charge in [0.1, 0.15) is 11.4 Å². The number of benzene rings is 1. The van der Waals surface area contributed by atoms with Gasteiger partial charge in [0.05, 0.1) is 11.1 Å². The van der Waals surface area contributed by atoms with Crippen LogP contribution in [0.15, 0.2) is 6.07 Å². The molecule has 0 aliphatic carbocycles. The molecule has 0 saturated heterocycles. The van der Waals surface area contributed by atoms with Gasteiger partial charge in [0.2, 0.25) is 5.91 Å². The van der Waals surface area contributed by atoms with Crippen molar-refractivity contribution in [3.05, 3.63) is 22.8 Å². The van der Waals surface area contributed by atoms with Crippen molar-refractivity contribution in [2.75, 3.05) is 5.32 Å². The van der Waals surface area contributed by atoms with Crippen LogP contribution in [0.3, 0.4) is 0 Å². The summed E-state index contributed by atoms with van der Waals surface area (Å²) < 4.78 is 6.20. The second-order valence-electron chi connectivity index (χ2n) is 6.87. The van der Waals surface area contributed by atoms with Crippen molar-refractivity contribution in [2.45, 2.75) is 58.5 Å². The van der Waals surface area contributed by atoms with E-state index in [9.17, 15) is 4.79 Å².